The summed E-state index contributed by atoms with van der Waals surface area (Å²) in [6.07, 6.45) is -0.260. The first-order valence-electron chi connectivity index (χ1n) is 6.04. The SMILES string of the molecule is C=C(C)C1(C)CNCCN1C(=O)OC(C)(C)C. The highest BCUT2D eigenvalue weighted by molar-refractivity contribution is 5.70. The molecule has 0 aromatic rings. The fraction of sp³-hybridized carbons (Fsp3) is 0.769. The van der Waals surface area contributed by atoms with Gasteiger partial charge in [0.2, 0.25) is 0 Å². The summed E-state index contributed by atoms with van der Waals surface area (Å²) in [4.78, 5) is 13.9. The van der Waals surface area contributed by atoms with E-state index in [0.717, 1.165) is 18.7 Å². The lowest BCUT2D eigenvalue weighted by Gasteiger charge is -2.45. The molecule has 1 fully saturated rings. The number of nitrogens with zero attached hydrogens (tertiary/aromatic N) is 1. The first-order chi connectivity index (χ1) is 7.67. The van der Waals surface area contributed by atoms with Crippen LogP contribution in [0.25, 0.3) is 0 Å². The Balaban J connectivity index is 2.86. The lowest BCUT2D eigenvalue weighted by atomic mass is 9.90. The highest BCUT2D eigenvalue weighted by Gasteiger charge is 2.40. The zero-order valence-corrected chi connectivity index (χ0v) is 11.6. The van der Waals surface area contributed by atoms with Crippen molar-refractivity contribution in [3.8, 4) is 0 Å². The van der Waals surface area contributed by atoms with Crippen LogP contribution in [0.15, 0.2) is 12.2 Å². The Labute approximate surface area is 104 Å². The van der Waals surface area contributed by atoms with Gasteiger partial charge in [0.05, 0.1) is 5.54 Å². The molecular formula is C13H24N2O2. The number of amides is 1. The Kier molecular flexibility index (Phi) is 3.87. The Morgan fingerprint density at radius 1 is 1.47 bits per heavy atom. The molecule has 1 rings (SSSR count). The van der Waals surface area contributed by atoms with Gasteiger partial charge in [-0.15, -0.1) is 0 Å². The molecule has 0 radical (unpaired) electrons. The van der Waals surface area contributed by atoms with E-state index in [1.165, 1.54) is 0 Å². The second kappa shape index (κ2) is 4.69. The van der Waals surface area contributed by atoms with E-state index in [2.05, 4.69) is 11.9 Å². The number of hydrogen-bond donors (Lipinski definition) is 1. The van der Waals surface area contributed by atoms with Crippen molar-refractivity contribution in [3.05, 3.63) is 12.2 Å². The van der Waals surface area contributed by atoms with Crippen LogP contribution in [0.2, 0.25) is 0 Å². The monoisotopic (exact) mass is 240 g/mol. The standard InChI is InChI=1S/C13H24N2O2/c1-10(2)13(6)9-14-7-8-15(13)11(16)17-12(3,4)5/h14H,1,7-9H2,2-6H3. The molecule has 0 spiro atoms. The highest BCUT2D eigenvalue weighted by Crippen LogP contribution is 2.26. The van der Waals surface area contributed by atoms with Crippen molar-refractivity contribution in [2.45, 2.75) is 45.8 Å². The number of carbonyl (C=O) groups excluding carboxylic acids is 1. The van der Waals surface area contributed by atoms with Crippen molar-refractivity contribution in [2.75, 3.05) is 19.6 Å². The molecule has 4 heteroatoms. The van der Waals surface area contributed by atoms with E-state index in [-0.39, 0.29) is 11.6 Å². The lowest BCUT2D eigenvalue weighted by molar-refractivity contribution is 0.000822. The number of nitrogens with one attached hydrogen (secondary N) is 1. The van der Waals surface area contributed by atoms with Crippen LogP contribution in [-0.2, 0) is 4.74 Å². The molecule has 1 atom stereocenters. The molecule has 1 N–H and O–H groups in total. The van der Waals surface area contributed by atoms with Gasteiger partial charge in [0.25, 0.3) is 0 Å². The zero-order chi connectivity index (χ0) is 13.3. The van der Waals surface area contributed by atoms with E-state index in [1.54, 1.807) is 4.90 Å². The maximum Gasteiger partial charge on any atom is 0.411 e. The third-order valence-corrected chi connectivity index (χ3v) is 3.11. The highest BCUT2D eigenvalue weighted by atomic mass is 16.6. The molecule has 4 nitrogen and oxygen atoms in total. The minimum Gasteiger partial charge on any atom is -0.444 e. The van der Waals surface area contributed by atoms with Crippen molar-refractivity contribution in [2.24, 2.45) is 0 Å². The fourth-order valence-electron chi connectivity index (χ4n) is 1.86. The van der Waals surface area contributed by atoms with E-state index in [0.29, 0.717) is 6.54 Å². The molecule has 0 bridgehead atoms. The molecule has 1 heterocycles. The molecule has 98 valence electrons. The summed E-state index contributed by atoms with van der Waals surface area (Å²) in [5.41, 5.74) is 0.147. The Hall–Kier alpha value is -1.03. The maximum atomic E-state index is 12.2. The largest absolute Gasteiger partial charge is 0.444 e. The summed E-state index contributed by atoms with van der Waals surface area (Å²) in [5, 5.41) is 3.29. The van der Waals surface area contributed by atoms with Crippen LogP contribution < -0.4 is 5.32 Å². The van der Waals surface area contributed by atoms with Crippen molar-refractivity contribution < 1.29 is 9.53 Å². The molecule has 1 unspecified atom stereocenters. The number of ether oxygens (including phenoxy) is 1. The van der Waals surface area contributed by atoms with Crippen LogP contribution in [0.4, 0.5) is 4.79 Å². The van der Waals surface area contributed by atoms with Gasteiger partial charge in [0.1, 0.15) is 5.60 Å². The zero-order valence-electron chi connectivity index (χ0n) is 11.6. The smallest absolute Gasteiger partial charge is 0.411 e. The van der Waals surface area contributed by atoms with Gasteiger partial charge in [-0.1, -0.05) is 12.2 Å². The van der Waals surface area contributed by atoms with Gasteiger partial charge in [-0.2, -0.15) is 0 Å². The number of carbonyl (C=O) groups is 1. The first kappa shape index (κ1) is 14.0. The van der Waals surface area contributed by atoms with Gasteiger partial charge < -0.3 is 10.1 Å². The van der Waals surface area contributed by atoms with Crippen LogP contribution in [0.1, 0.15) is 34.6 Å². The van der Waals surface area contributed by atoms with Crippen molar-refractivity contribution in [1.29, 1.82) is 0 Å². The first-order valence-corrected chi connectivity index (χ1v) is 6.04. The van der Waals surface area contributed by atoms with E-state index in [9.17, 15) is 4.79 Å². The molecule has 0 aliphatic carbocycles. The second-order valence-corrected chi connectivity index (χ2v) is 5.86. The summed E-state index contributed by atoms with van der Waals surface area (Å²) in [5.74, 6) is 0. The maximum absolute atomic E-state index is 12.2. The van der Waals surface area contributed by atoms with Crippen LogP contribution in [0, 0.1) is 0 Å². The Bertz CT molecular complexity index is 320. The normalized spacial score (nSPS) is 25.6. The quantitative estimate of drug-likeness (QED) is 0.714. The Morgan fingerprint density at radius 2 is 2.06 bits per heavy atom. The lowest BCUT2D eigenvalue weighted by Crippen LogP contribution is -2.62. The molecule has 17 heavy (non-hydrogen) atoms. The summed E-state index contributed by atoms with van der Waals surface area (Å²) in [7, 11) is 0. The van der Waals surface area contributed by atoms with E-state index >= 15 is 0 Å². The molecular weight excluding hydrogens is 216 g/mol. The predicted octanol–water partition coefficient (Wildman–Crippen LogP) is 2.16. The van der Waals surface area contributed by atoms with Gasteiger partial charge >= 0.3 is 6.09 Å². The topological polar surface area (TPSA) is 41.6 Å². The van der Waals surface area contributed by atoms with Gasteiger partial charge in [-0.3, -0.25) is 4.90 Å². The summed E-state index contributed by atoms with van der Waals surface area (Å²) in [6, 6.07) is 0. The van der Waals surface area contributed by atoms with Crippen LogP contribution in [0.5, 0.6) is 0 Å². The van der Waals surface area contributed by atoms with Crippen molar-refractivity contribution in [3.63, 3.8) is 0 Å². The summed E-state index contributed by atoms with van der Waals surface area (Å²) >= 11 is 0. The minimum absolute atomic E-state index is 0.260. The van der Waals surface area contributed by atoms with Crippen LogP contribution in [-0.4, -0.2) is 41.8 Å². The molecule has 1 aliphatic rings. The van der Waals surface area contributed by atoms with Gasteiger partial charge in [0, 0.05) is 19.6 Å². The molecule has 0 aromatic heterocycles. The molecule has 1 amide bonds. The summed E-state index contributed by atoms with van der Waals surface area (Å²) < 4.78 is 5.44. The van der Waals surface area contributed by atoms with Gasteiger partial charge in [0.15, 0.2) is 0 Å². The average Bonchev–Trinajstić information content (AvgIpc) is 2.15. The van der Waals surface area contributed by atoms with Crippen LogP contribution in [0.3, 0.4) is 0 Å². The molecule has 1 saturated heterocycles. The Morgan fingerprint density at radius 3 is 2.53 bits per heavy atom. The molecule has 0 saturated carbocycles. The number of rotatable bonds is 1. The third kappa shape index (κ3) is 3.22. The van der Waals surface area contributed by atoms with Gasteiger partial charge in [-0.05, 0) is 34.6 Å². The number of hydrogen-bond acceptors (Lipinski definition) is 3. The summed E-state index contributed by atoms with van der Waals surface area (Å²) in [6.45, 7) is 15.8. The van der Waals surface area contributed by atoms with E-state index in [1.807, 2.05) is 34.6 Å². The predicted molar refractivity (Wildman–Crippen MR) is 69.0 cm³/mol. The van der Waals surface area contributed by atoms with Crippen molar-refractivity contribution in [1.82, 2.24) is 10.2 Å². The fourth-order valence-corrected chi connectivity index (χ4v) is 1.86. The minimum atomic E-state index is -0.460. The molecule has 1 aliphatic heterocycles. The number of piperazine rings is 1. The molecule has 0 aromatic carbocycles. The van der Waals surface area contributed by atoms with Crippen molar-refractivity contribution >= 4 is 6.09 Å². The second-order valence-electron chi connectivity index (χ2n) is 5.86. The van der Waals surface area contributed by atoms with E-state index < -0.39 is 5.60 Å². The third-order valence-electron chi connectivity index (χ3n) is 3.11. The van der Waals surface area contributed by atoms with Gasteiger partial charge in [-0.25, -0.2) is 4.79 Å². The van der Waals surface area contributed by atoms with Crippen LogP contribution >= 0.6 is 0 Å². The van der Waals surface area contributed by atoms with E-state index in [4.69, 9.17) is 4.74 Å². The average molecular weight is 240 g/mol.